The first-order valence-electron chi connectivity index (χ1n) is 4.88. The van der Waals surface area contributed by atoms with E-state index in [2.05, 4.69) is 0 Å². The Morgan fingerprint density at radius 1 is 1.07 bits per heavy atom. The van der Waals surface area contributed by atoms with Crippen molar-refractivity contribution in [3.8, 4) is 0 Å². The van der Waals surface area contributed by atoms with Gasteiger partial charge in [-0.05, 0) is 27.7 Å². The van der Waals surface area contributed by atoms with Gasteiger partial charge in [-0.25, -0.2) is 0 Å². The fourth-order valence-electron chi connectivity index (χ4n) is 2.51. The van der Waals surface area contributed by atoms with Gasteiger partial charge in [-0.15, -0.1) is 0 Å². The van der Waals surface area contributed by atoms with E-state index in [4.69, 9.17) is 21.7 Å². The largest absolute Gasteiger partial charge is 0.348 e. The van der Waals surface area contributed by atoms with Crippen LogP contribution in [0.25, 0.3) is 0 Å². The van der Waals surface area contributed by atoms with E-state index in [1.807, 2.05) is 27.7 Å². The van der Waals surface area contributed by atoms with Gasteiger partial charge in [0, 0.05) is 14.2 Å². The Morgan fingerprint density at radius 3 is 1.60 bits per heavy atom. The molecule has 0 amide bonds. The van der Waals surface area contributed by atoms with Gasteiger partial charge < -0.3 is 9.47 Å². The van der Waals surface area contributed by atoms with Gasteiger partial charge in [-0.1, -0.05) is 12.2 Å². The summed E-state index contributed by atoms with van der Waals surface area (Å²) in [6.45, 7) is 7.26. The molecule has 0 unspecified atom stereocenters. The highest BCUT2D eigenvalue weighted by molar-refractivity contribution is 7.80. The summed E-state index contributed by atoms with van der Waals surface area (Å²) in [5.74, 6) is -1.02. The second-order valence-corrected chi connectivity index (χ2v) is 5.34. The molecule has 0 N–H and O–H groups in total. The maximum absolute atomic E-state index is 12.2. The SMILES string of the molecule is COC1(OC)C(=S)C(C)(C)C(=O)C1(C)C. The molecule has 0 saturated heterocycles. The minimum absolute atomic E-state index is 0.0590. The van der Waals surface area contributed by atoms with E-state index < -0.39 is 16.6 Å². The molecule has 4 heteroatoms. The quantitative estimate of drug-likeness (QED) is 0.537. The topological polar surface area (TPSA) is 35.5 Å². The average molecular weight is 230 g/mol. The Bertz CT molecular complexity index is 314. The molecule has 0 radical (unpaired) electrons. The van der Waals surface area contributed by atoms with Crippen LogP contribution in [0.1, 0.15) is 27.7 Å². The van der Waals surface area contributed by atoms with E-state index in [-0.39, 0.29) is 5.78 Å². The van der Waals surface area contributed by atoms with Crippen molar-refractivity contribution in [2.24, 2.45) is 10.8 Å². The van der Waals surface area contributed by atoms with E-state index in [0.717, 1.165) is 0 Å². The number of carbonyl (C=O) groups excluding carboxylic acids is 1. The van der Waals surface area contributed by atoms with Gasteiger partial charge in [0.1, 0.15) is 0 Å². The van der Waals surface area contributed by atoms with Crippen molar-refractivity contribution in [3.05, 3.63) is 0 Å². The van der Waals surface area contributed by atoms with E-state index in [1.54, 1.807) is 0 Å². The van der Waals surface area contributed by atoms with E-state index in [9.17, 15) is 4.79 Å². The van der Waals surface area contributed by atoms with Crippen LogP contribution >= 0.6 is 12.2 Å². The zero-order valence-electron chi connectivity index (χ0n) is 10.1. The van der Waals surface area contributed by atoms with E-state index >= 15 is 0 Å². The van der Waals surface area contributed by atoms with Gasteiger partial charge >= 0.3 is 0 Å². The molecule has 1 fully saturated rings. The standard InChI is InChI=1S/C11H18O3S/c1-9(2)7(12)10(3,4)11(13-5,14-6)8(9)15/h1-6H3. The summed E-state index contributed by atoms with van der Waals surface area (Å²) in [6, 6.07) is 0. The third-order valence-electron chi connectivity index (χ3n) is 3.40. The summed E-state index contributed by atoms with van der Waals surface area (Å²) in [7, 11) is 3.04. The van der Waals surface area contributed by atoms with Crippen LogP contribution in [0, 0.1) is 10.8 Å². The average Bonchev–Trinajstić information content (AvgIpc) is 2.26. The Balaban J connectivity index is 3.43. The van der Waals surface area contributed by atoms with E-state index in [1.165, 1.54) is 14.2 Å². The zero-order valence-corrected chi connectivity index (χ0v) is 10.9. The van der Waals surface area contributed by atoms with Crippen LogP contribution in [-0.4, -0.2) is 30.7 Å². The number of methoxy groups -OCH3 is 2. The first-order chi connectivity index (χ1) is 6.68. The number of carbonyl (C=O) groups is 1. The summed E-state index contributed by atoms with van der Waals surface area (Å²) >= 11 is 5.34. The fraction of sp³-hybridized carbons (Fsp3) is 0.818. The van der Waals surface area contributed by atoms with Crippen LogP contribution in [0.5, 0.6) is 0 Å². The number of rotatable bonds is 2. The van der Waals surface area contributed by atoms with Crippen LogP contribution in [0.3, 0.4) is 0 Å². The van der Waals surface area contributed by atoms with Crippen molar-refractivity contribution in [2.45, 2.75) is 33.5 Å². The number of hydrogen-bond donors (Lipinski definition) is 0. The number of hydrogen-bond acceptors (Lipinski definition) is 4. The van der Waals surface area contributed by atoms with Crippen LogP contribution in [0.2, 0.25) is 0 Å². The monoisotopic (exact) mass is 230 g/mol. The Hall–Kier alpha value is -0.320. The number of ether oxygens (including phenoxy) is 2. The van der Waals surface area contributed by atoms with Gasteiger partial charge in [0.2, 0.25) is 5.79 Å². The highest BCUT2D eigenvalue weighted by Crippen LogP contribution is 2.52. The van der Waals surface area contributed by atoms with Crippen molar-refractivity contribution in [1.29, 1.82) is 0 Å². The lowest BCUT2D eigenvalue weighted by Crippen LogP contribution is -2.50. The zero-order chi connectivity index (χ0) is 12.1. The fourth-order valence-corrected chi connectivity index (χ4v) is 3.02. The molecule has 1 aliphatic rings. The minimum atomic E-state index is -1.08. The van der Waals surface area contributed by atoms with Gasteiger partial charge in [0.15, 0.2) is 5.78 Å². The van der Waals surface area contributed by atoms with E-state index in [0.29, 0.717) is 4.86 Å². The minimum Gasteiger partial charge on any atom is -0.348 e. The second-order valence-electron chi connectivity index (χ2n) is 4.93. The lowest BCUT2D eigenvalue weighted by Gasteiger charge is -2.37. The lowest BCUT2D eigenvalue weighted by atomic mass is 9.81. The molecule has 0 heterocycles. The molecule has 1 saturated carbocycles. The number of ketones is 1. The summed E-state index contributed by atoms with van der Waals surface area (Å²) in [4.78, 5) is 12.8. The third kappa shape index (κ3) is 1.25. The van der Waals surface area contributed by atoms with Crippen LogP contribution in [0.4, 0.5) is 0 Å². The maximum atomic E-state index is 12.2. The van der Waals surface area contributed by atoms with Crippen molar-refractivity contribution in [2.75, 3.05) is 14.2 Å². The van der Waals surface area contributed by atoms with Crippen molar-refractivity contribution < 1.29 is 14.3 Å². The normalized spacial score (nSPS) is 27.1. The molecule has 86 valence electrons. The molecule has 15 heavy (non-hydrogen) atoms. The Labute approximate surface area is 96.1 Å². The summed E-state index contributed by atoms with van der Waals surface area (Å²) in [5, 5.41) is 0. The Morgan fingerprint density at radius 2 is 1.47 bits per heavy atom. The first kappa shape index (κ1) is 12.7. The first-order valence-corrected chi connectivity index (χ1v) is 5.29. The highest BCUT2D eigenvalue weighted by atomic mass is 32.1. The van der Waals surface area contributed by atoms with Crippen molar-refractivity contribution >= 4 is 22.9 Å². The van der Waals surface area contributed by atoms with Crippen LogP contribution < -0.4 is 0 Å². The molecule has 0 aliphatic heterocycles. The molecule has 0 aromatic rings. The highest BCUT2D eigenvalue weighted by Gasteiger charge is 2.67. The molecule has 0 bridgehead atoms. The Kier molecular flexibility index (Phi) is 2.83. The van der Waals surface area contributed by atoms with Gasteiger partial charge in [0.25, 0.3) is 0 Å². The smallest absolute Gasteiger partial charge is 0.214 e. The van der Waals surface area contributed by atoms with Gasteiger partial charge in [-0.3, -0.25) is 4.79 Å². The molecule has 0 spiro atoms. The molecular formula is C11H18O3S. The molecule has 0 aromatic heterocycles. The van der Waals surface area contributed by atoms with Crippen LogP contribution in [-0.2, 0) is 14.3 Å². The summed E-state index contributed by atoms with van der Waals surface area (Å²) < 4.78 is 10.8. The summed E-state index contributed by atoms with van der Waals surface area (Å²) in [6.07, 6.45) is 0. The number of thiocarbonyl (C=S) groups is 1. The molecule has 0 atom stereocenters. The molecule has 1 rings (SSSR count). The summed E-state index contributed by atoms with van der Waals surface area (Å²) in [5.41, 5.74) is -1.43. The predicted octanol–water partition coefficient (Wildman–Crippen LogP) is 1.98. The van der Waals surface area contributed by atoms with Crippen molar-refractivity contribution in [1.82, 2.24) is 0 Å². The van der Waals surface area contributed by atoms with Gasteiger partial charge in [-0.2, -0.15) is 0 Å². The molecule has 1 aliphatic carbocycles. The van der Waals surface area contributed by atoms with Gasteiger partial charge in [0.05, 0.1) is 15.7 Å². The molecular weight excluding hydrogens is 212 g/mol. The second kappa shape index (κ2) is 3.34. The molecule has 0 aromatic carbocycles. The lowest BCUT2D eigenvalue weighted by molar-refractivity contribution is -0.206. The van der Waals surface area contributed by atoms with Crippen LogP contribution in [0.15, 0.2) is 0 Å². The third-order valence-corrected chi connectivity index (χ3v) is 4.18. The number of Topliss-reactive ketones (excluding diaryl/α,β-unsaturated/α-hetero) is 1. The molecule has 3 nitrogen and oxygen atoms in total. The predicted molar refractivity (Wildman–Crippen MR) is 61.9 cm³/mol. The maximum Gasteiger partial charge on any atom is 0.214 e. The van der Waals surface area contributed by atoms with Crippen molar-refractivity contribution in [3.63, 3.8) is 0 Å².